The standard InChI is InChI=1S/C8H14F3NO/c1-2-4-12(6-7-13)5-3-8(9,10)11/h2,13H,1,3-7H2. The summed E-state index contributed by atoms with van der Waals surface area (Å²) in [5.74, 6) is 0. The first kappa shape index (κ1) is 12.4. The van der Waals surface area contributed by atoms with E-state index in [1.165, 1.54) is 11.0 Å². The topological polar surface area (TPSA) is 23.5 Å². The normalized spacial score (nSPS) is 12.1. The van der Waals surface area contributed by atoms with Gasteiger partial charge >= 0.3 is 6.18 Å². The third-order valence-electron chi connectivity index (χ3n) is 1.52. The van der Waals surface area contributed by atoms with Gasteiger partial charge in [-0.15, -0.1) is 6.58 Å². The zero-order chi connectivity index (χ0) is 10.3. The summed E-state index contributed by atoms with van der Waals surface area (Å²) in [4.78, 5) is 1.50. The van der Waals surface area contributed by atoms with Crippen molar-refractivity contribution in [3.8, 4) is 0 Å². The summed E-state index contributed by atoms with van der Waals surface area (Å²) in [6, 6.07) is 0. The van der Waals surface area contributed by atoms with E-state index in [0.717, 1.165) is 0 Å². The van der Waals surface area contributed by atoms with Gasteiger partial charge in [0, 0.05) is 19.6 Å². The lowest BCUT2D eigenvalue weighted by Crippen LogP contribution is -2.30. The molecule has 0 amide bonds. The Kier molecular flexibility index (Phi) is 5.73. The molecule has 0 atom stereocenters. The van der Waals surface area contributed by atoms with Crippen molar-refractivity contribution < 1.29 is 18.3 Å². The van der Waals surface area contributed by atoms with Crippen LogP contribution in [0.1, 0.15) is 6.42 Å². The summed E-state index contributed by atoms with van der Waals surface area (Å²) >= 11 is 0. The lowest BCUT2D eigenvalue weighted by Gasteiger charge is -2.19. The van der Waals surface area contributed by atoms with Gasteiger partial charge in [0.25, 0.3) is 0 Å². The maximum absolute atomic E-state index is 11.8. The van der Waals surface area contributed by atoms with Gasteiger partial charge in [0.2, 0.25) is 0 Å². The second-order valence-corrected chi connectivity index (χ2v) is 2.68. The van der Waals surface area contributed by atoms with Crippen molar-refractivity contribution in [2.45, 2.75) is 12.6 Å². The van der Waals surface area contributed by atoms with Gasteiger partial charge in [0.15, 0.2) is 0 Å². The van der Waals surface area contributed by atoms with Gasteiger partial charge < -0.3 is 5.11 Å². The minimum atomic E-state index is -4.13. The molecule has 0 aliphatic heterocycles. The maximum Gasteiger partial charge on any atom is 0.390 e. The van der Waals surface area contributed by atoms with Gasteiger partial charge in [-0.1, -0.05) is 6.08 Å². The molecule has 0 aromatic rings. The molecule has 2 nitrogen and oxygen atoms in total. The minimum Gasteiger partial charge on any atom is -0.395 e. The quantitative estimate of drug-likeness (QED) is 0.651. The largest absolute Gasteiger partial charge is 0.395 e. The first-order chi connectivity index (χ1) is 5.99. The van der Waals surface area contributed by atoms with Gasteiger partial charge in [-0.3, -0.25) is 4.90 Å². The average molecular weight is 197 g/mol. The molecule has 0 saturated carbocycles. The molecule has 0 bridgehead atoms. The molecule has 0 saturated heterocycles. The molecular weight excluding hydrogens is 183 g/mol. The summed E-state index contributed by atoms with van der Waals surface area (Å²) < 4.78 is 35.3. The van der Waals surface area contributed by atoms with Crippen LogP contribution < -0.4 is 0 Å². The fourth-order valence-electron chi connectivity index (χ4n) is 0.903. The van der Waals surface area contributed by atoms with E-state index in [4.69, 9.17) is 5.11 Å². The third-order valence-corrected chi connectivity index (χ3v) is 1.52. The van der Waals surface area contributed by atoms with Crippen molar-refractivity contribution in [1.82, 2.24) is 4.90 Å². The Balaban J connectivity index is 3.74. The Hall–Kier alpha value is -0.550. The number of hydrogen-bond acceptors (Lipinski definition) is 2. The van der Waals surface area contributed by atoms with Gasteiger partial charge in [-0.25, -0.2) is 0 Å². The molecule has 0 aliphatic carbocycles. The molecule has 0 aliphatic rings. The number of aliphatic hydroxyl groups is 1. The number of alkyl halides is 3. The lowest BCUT2D eigenvalue weighted by molar-refractivity contribution is -0.137. The molecule has 13 heavy (non-hydrogen) atoms. The van der Waals surface area contributed by atoms with E-state index in [-0.39, 0.29) is 19.7 Å². The van der Waals surface area contributed by atoms with Crippen LogP contribution in [0.5, 0.6) is 0 Å². The van der Waals surface area contributed by atoms with Crippen LogP contribution in [-0.2, 0) is 0 Å². The van der Waals surface area contributed by atoms with E-state index >= 15 is 0 Å². The van der Waals surface area contributed by atoms with Crippen LogP contribution in [0.15, 0.2) is 12.7 Å². The van der Waals surface area contributed by atoms with Gasteiger partial charge in [-0.05, 0) is 0 Å². The molecule has 0 fully saturated rings. The molecule has 0 radical (unpaired) electrons. The predicted octanol–water partition coefficient (Wildman–Crippen LogP) is 1.42. The molecule has 0 aromatic carbocycles. The molecule has 0 rings (SSSR count). The number of hydrogen-bond donors (Lipinski definition) is 1. The maximum atomic E-state index is 11.8. The van der Waals surface area contributed by atoms with Crippen LogP contribution in [0.4, 0.5) is 13.2 Å². The summed E-state index contributed by atoms with van der Waals surface area (Å²) in [6.45, 7) is 3.83. The average Bonchev–Trinajstić information content (AvgIpc) is 2.00. The zero-order valence-corrected chi connectivity index (χ0v) is 7.35. The van der Waals surface area contributed by atoms with Gasteiger partial charge in [0.1, 0.15) is 0 Å². The van der Waals surface area contributed by atoms with Crippen LogP contribution in [0.2, 0.25) is 0 Å². The number of halogens is 3. The Labute approximate surface area is 75.7 Å². The summed E-state index contributed by atoms with van der Waals surface area (Å²) in [7, 11) is 0. The van der Waals surface area contributed by atoms with E-state index in [0.29, 0.717) is 6.54 Å². The van der Waals surface area contributed by atoms with Crippen molar-refractivity contribution in [3.05, 3.63) is 12.7 Å². The highest BCUT2D eigenvalue weighted by molar-refractivity contribution is 4.73. The Morgan fingerprint density at radius 3 is 2.31 bits per heavy atom. The van der Waals surface area contributed by atoms with E-state index in [9.17, 15) is 13.2 Å². The second kappa shape index (κ2) is 5.99. The number of rotatable bonds is 6. The highest BCUT2D eigenvalue weighted by Crippen LogP contribution is 2.19. The predicted molar refractivity (Wildman–Crippen MR) is 44.4 cm³/mol. The smallest absolute Gasteiger partial charge is 0.390 e. The first-order valence-corrected chi connectivity index (χ1v) is 4.00. The third kappa shape index (κ3) is 7.80. The fourth-order valence-corrected chi connectivity index (χ4v) is 0.903. The van der Waals surface area contributed by atoms with Crippen molar-refractivity contribution >= 4 is 0 Å². The highest BCUT2D eigenvalue weighted by atomic mass is 19.4. The van der Waals surface area contributed by atoms with Crippen LogP contribution in [-0.4, -0.2) is 42.4 Å². The van der Waals surface area contributed by atoms with Gasteiger partial charge in [0.05, 0.1) is 13.0 Å². The highest BCUT2D eigenvalue weighted by Gasteiger charge is 2.27. The number of aliphatic hydroxyl groups excluding tert-OH is 1. The summed E-state index contributed by atoms with van der Waals surface area (Å²) in [5, 5.41) is 8.54. The van der Waals surface area contributed by atoms with Crippen LogP contribution in [0, 0.1) is 0 Å². The van der Waals surface area contributed by atoms with Crippen LogP contribution in [0.25, 0.3) is 0 Å². The monoisotopic (exact) mass is 197 g/mol. The van der Waals surface area contributed by atoms with E-state index in [2.05, 4.69) is 6.58 Å². The number of nitrogens with zero attached hydrogens (tertiary/aromatic N) is 1. The molecule has 0 unspecified atom stereocenters. The van der Waals surface area contributed by atoms with Gasteiger partial charge in [-0.2, -0.15) is 13.2 Å². The Bertz CT molecular complexity index is 147. The molecule has 0 spiro atoms. The van der Waals surface area contributed by atoms with Crippen molar-refractivity contribution in [1.29, 1.82) is 0 Å². The Morgan fingerprint density at radius 2 is 1.92 bits per heavy atom. The molecule has 0 heterocycles. The van der Waals surface area contributed by atoms with Crippen molar-refractivity contribution in [2.75, 3.05) is 26.2 Å². The van der Waals surface area contributed by atoms with E-state index in [1.807, 2.05) is 0 Å². The minimum absolute atomic E-state index is 0.0872. The lowest BCUT2D eigenvalue weighted by atomic mass is 10.3. The molecule has 0 aromatic heterocycles. The van der Waals surface area contributed by atoms with Crippen molar-refractivity contribution in [3.63, 3.8) is 0 Å². The molecule has 5 heteroatoms. The fraction of sp³-hybridized carbons (Fsp3) is 0.750. The second-order valence-electron chi connectivity index (χ2n) is 2.68. The first-order valence-electron chi connectivity index (χ1n) is 4.00. The zero-order valence-electron chi connectivity index (χ0n) is 7.35. The van der Waals surface area contributed by atoms with Crippen molar-refractivity contribution in [2.24, 2.45) is 0 Å². The van der Waals surface area contributed by atoms with E-state index in [1.54, 1.807) is 0 Å². The summed E-state index contributed by atoms with van der Waals surface area (Å²) in [6.07, 6.45) is -3.46. The molecule has 78 valence electrons. The molecule has 1 N–H and O–H groups in total. The summed E-state index contributed by atoms with van der Waals surface area (Å²) in [5.41, 5.74) is 0. The SMILES string of the molecule is C=CCN(CCO)CCC(F)(F)F. The van der Waals surface area contributed by atoms with Crippen LogP contribution in [0.3, 0.4) is 0 Å². The molecular formula is C8H14F3NO. The van der Waals surface area contributed by atoms with E-state index < -0.39 is 12.6 Å². The Morgan fingerprint density at radius 1 is 1.31 bits per heavy atom. The van der Waals surface area contributed by atoms with Crippen LogP contribution >= 0.6 is 0 Å².